The van der Waals surface area contributed by atoms with Crippen LogP contribution in [-0.4, -0.2) is 9.66 Å². The predicted octanol–water partition coefficient (Wildman–Crippen LogP) is 3.34. The number of aromatic nitrogens is 2. The van der Waals surface area contributed by atoms with Crippen LogP contribution in [0.3, 0.4) is 0 Å². The fourth-order valence-corrected chi connectivity index (χ4v) is 1.94. The minimum Gasteiger partial charge on any atom is -0.243 e. The lowest BCUT2D eigenvalue weighted by molar-refractivity contribution is 0.566. The van der Waals surface area contributed by atoms with Crippen molar-refractivity contribution < 1.29 is 0 Å². The fourth-order valence-electron chi connectivity index (χ4n) is 1.60. The normalized spacial score (nSPS) is 13.9. The highest BCUT2D eigenvalue weighted by Gasteiger charge is 2.16. The molecule has 1 aromatic heterocycles. The van der Waals surface area contributed by atoms with E-state index in [1.807, 2.05) is 0 Å². The van der Waals surface area contributed by atoms with Gasteiger partial charge in [-0.3, -0.25) is 0 Å². The van der Waals surface area contributed by atoms with Gasteiger partial charge in [0, 0.05) is 18.0 Å². The third-order valence-corrected chi connectivity index (χ3v) is 3.17. The molecule has 0 unspecified atom stereocenters. The molecule has 3 rings (SSSR count). The fraction of sp³-hybridized carbons (Fsp3) is 0.100. The van der Waals surface area contributed by atoms with E-state index in [0.29, 0.717) is 16.6 Å². The molecule has 0 amide bonds. The molecule has 7 heteroatoms. The van der Waals surface area contributed by atoms with Crippen LogP contribution in [0.1, 0.15) is 5.56 Å². The number of hydrogen-bond acceptors (Lipinski definition) is 4. The number of hydrogen-bond donors (Lipinski definition) is 0. The smallest absolute Gasteiger partial charge is 0.116 e. The van der Waals surface area contributed by atoms with Crippen molar-refractivity contribution >= 4 is 28.9 Å². The summed E-state index contributed by atoms with van der Waals surface area (Å²) in [5, 5.41) is 10.8. The van der Waals surface area contributed by atoms with Gasteiger partial charge in [0.2, 0.25) is 0 Å². The van der Waals surface area contributed by atoms with Crippen LogP contribution >= 0.6 is 23.2 Å². The van der Waals surface area contributed by atoms with Crippen molar-refractivity contribution in [2.75, 3.05) is 5.12 Å². The van der Waals surface area contributed by atoms with Crippen molar-refractivity contribution in [3.63, 3.8) is 0 Å². The Labute approximate surface area is 107 Å². The number of rotatable bonds is 1. The maximum absolute atomic E-state index is 5.98. The summed E-state index contributed by atoms with van der Waals surface area (Å²) in [7, 11) is 0. The molecule has 0 fully saturated rings. The van der Waals surface area contributed by atoms with Crippen LogP contribution in [0.2, 0.25) is 10.0 Å². The predicted molar refractivity (Wildman–Crippen MR) is 65.1 cm³/mol. The van der Waals surface area contributed by atoms with Crippen molar-refractivity contribution in [3.05, 3.63) is 46.5 Å². The van der Waals surface area contributed by atoms with Gasteiger partial charge in [-0.1, -0.05) is 23.2 Å². The first-order valence-corrected chi connectivity index (χ1v) is 5.65. The SMILES string of the molecule is Clc1cc2c(cc1Cl)N=NN(n1ccnc1)C2. The zero-order valence-corrected chi connectivity index (χ0v) is 10.1. The van der Waals surface area contributed by atoms with Gasteiger partial charge in [0.05, 0.1) is 22.3 Å². The zero-order chi connectivity index (χ0) is 11.8. The topological polar surface area (TPSA) is 45.8 Å². The molecule has 0 saturated carbocycles. The molecule has 1 aliphatic heterocycles. The molecule has 0 radical (unpaired) electrons. The molecule has 17 heavy (non-hydrogen) atoms. The van der Waals surface area contributed by atoms with E-state index in [9.17, 15) is 0 Å². The summed E-state index contributed by atoms with van der Waals surface area (Å²) in [5.74, 6) is 0. The van der Waals surface area contributed by atoms with E-state index in [-0.39, 0.29) is 0 Å². The average Bonchev–Trinajstić information content (AvgIpc) is 2.83. The van der Waals surface area contributed by atoms with Crippen LogP contribution < -0.4 is 5.12 Å². The summed E-state index contributed by atoms with van der Waals surface area (Å²) in [4.78, 5) is 3.96. The first kappa shape index (κ1) is 10.6. The van der Waals surface area contributed by atoms with Crippen molar-refractivity contribution in [1.29, 1.82) is 0 Å². The lowest BCUT2D eigenvalue weighted by Gasteiger charge is -2.22. The van der Waals surface area contributed by atoms with Crippen LogP contribution in [-0.2, 0) is 6.54 Å². The molecule has 0 aliphatic carbocycles. The second-order valence-corrected chi connectivity index (χ2v) is 4.37. The van der Waals surface area contributed by atoms with E-state index >= 15 is 0 Å². The van der Waals surface area contributed by atoms with Crippen LogP contribution in [0.15, 0.2) is 41.2 Å². The van der Waals surface area contributed by atoms with E-state index in [0.717, 1.165) is 11.3 Å². The van der Waals surface area contributed by atoms with E-state index in [4.69, 9.17) is 23.2 Å². The Morgan fingerprint density at radius 2 is 2.00 bits per heavy atom. The van der Waals surface area contributed by atoms with Crippen molar-refractivity contribution in [2.45, 2.75) is 6.54 Å². The van der Waals surface area contributed by atoms with Crippen LogP contribution in [0.5, 0.6) is 0 Å². The summed E-state index contributed by atoms with van der Waals surface area (Å²) in [6, 6.07) is 3.52. The minimum atomic E-state index is 0.487. The van der Waals surface area contributed by atoms with Crippen molar-refractivity contribution in [2.24, 2.45) is 10.3 Å². The van der Waals surface area contributed by atoms with Gasteiger partial charge in [-0.15, -0.1) is 5.11 Å². The number of fused-ring (bicyclic) bond motifs is 1. The molecule has 1 aliphatic rings. The number of halogens is 2. The van der Waals surface area contributed by atoms with Crippen LogP contribution in [0, 0.1) is 0 Å². The highest BCUT2D eigenvalue weighted by Crippen LogP contribution is 2.33. The summed E-state index contributed by atoms with van der Waals surface area (Å²) < 4.78 is 1.74. The maximum Gasteiger partial charge on any atom is 0.116 e. The molecule has 0 spiro atoms. The molecule has 0 saturated heterocycles. The lowest BCUT2D eigenvalue weighted by atomic mass is 10.2. The van der Waals surface area contributed by atoms with E-state index in [1.165, 1.54) is 0 Å². The third kappa shape index (κ3) is 1.87. The van der Waals surface area contributed by atoms with Gasteiger partial charge in [0.25, 0.3) is 0 Å². The van der Waals surface area contributed by atoms with Crippen LogP contribution in [0.25, 0.3) is 0 Å². The molecular weight excluding hydrogens is 261 g/mol. The molecule has 0 atom stereocenters. The first-order chi connectivity index (χ1) is 8.24. The van der Waals surface area contributed by atoms with E-state index in [1.54, 1.807) is 40.6 Å². The molecule has 5 nitrogen and oxygen atoms in total. The molecule has 0 N–H and O–H groups in total. The highest BCUT2D eigenvalue weighted by molar-refractivity contribution is 6.42. The largest absolute Gasteiger partial charge is 0.243 e. The Hall–Kier alpha value is -1.59. The van der Waals surface area contributed by atoms with Gasteiger partial charge >= 0.3 is 0 Å². The molecule has 0 bridgehead atoms. The quantitative estimate of drug-likeness (QED) is 0.796. The van der Waals surface area contributed by atoms with Gasteiger partial charge < -0.3 is 0 Å². The Morgan fingerprint density at radius 3 is 2.76 bits per heavy atom. The first-order valence-electron chi connectivity index (χ1n) is 4.89. The Balaban J connectivity index is 1.99. The maximum atomic E-state index is 5.98. The highest BCUT2D eigenvalue weighted by atomic mass is 35.5. The Morgan fingerprint density at radius 1 is 1.18 bits per heavy atom. The van der Waals surface area contributed by atoms with Crippen molar-refractivity contribution in [1.82, 2.24) is 9.66 Å². The summed E-state index contributed by atoms with van der Waals surface area (Å²) >= 11 is 11.9. The number of nitrogens with zero attached hydrogens (tertiary/aromatic N) is 5. The van der Waals surface area contributed by atoms with Gasteiger partial charge in [-0.25, -0.2) is 9.66 Å². The van der Waals surface area contributed by atoms with E-state index < -0.39 is 0 Å². The van der Waals surface area contributed by atoms with Gasteiger partial charge in [-0.2, -0.15) is 5.12 Å². The van der Waals surface area contributed by atoms with Gasteiger partial charge in [0.1, 0.15) is 6.33 Å². The zero-order valence-electron chi connectivity index (χ0n) is 8.59. The second kappa shape index (κ2) is 4.01. The molecule has 1 aromatic carbocycles. The van der Waals surface area contributed by atoms with E-state index in [2.05, 4.69) is 15.3 Å². The van der Waals surface area contributed by atoms with Gasteiger partial charge in [-0.05, 0) is 17.4 Å². The monoisotopic (exact) mass is 267 g/mol. The summed E-state index contributed by atoms with van der Waals surface area (Å²) in [6.07, 6.45) is 5.13. The standard InChI is InChI=1S/C10H7Cl2N5/c11-8-3-7-5-17(16-2-1-13-6-16)15-14-10(7)4-9(8)12/h1-4,6H,5H2. The molecule has 86 valence electrons. The van der Waals surface area contributed by atoms with Crippen molar-refractivity contribution in [3.8, 4) is 0 Å². The van der Waals surface area contributed by atoms with Crippen LogP contribution in [0.4, 0.5) is 5.69 Å². The summed E-state index contributed by atoms with van der Waals surface area (Å²) in [5.41, 5.74) is 1.72. The number of imidazole rings is 1. The summed E-state index contributed by atoms with van der Waals surface area (Å²) in [6.45, 7) is 0.575. The third-order valence-electron chi connectivity index (χ3n) is 2.45. The minimum absolute atomic E-state index is 0.487. The molecule has 2 aromatic rings. The lowest BCUT2D eigenvalue weighted by Crippen LogP contribution is -2.28. The Kier molecular flexibility index (Phi) is 2.49. The average molecular weight is 268 g/mol. The molecular formula is C10H7Cl2N5. The molecule has 2 heterocycles. The second-order valence-electron chi connectivity index (χ2n) is 3.56. The Bertz CT molecular complexity index is 579. The number of benzene rings is 1. The van der Waals surface area contributed by atoms with Gasteiger partial charge in [0.15, 0.2) is 0 Å².